The maximum Gasteiger partial charge on any atom is 0.472 e. The van der Waals surface area contributed by atoms with Crippen molar-refractivity contribution in [3.8, 4) is 0 Å². The molecule has 0 aromatic rings. The van der Waals surface area contributed by atoms with Gasteiger partial charge in [-0.1, -0.05) is 156 Å². The van der Waals surface area contributed by atoms with Crippen LogP contribution in [0.15, 0.2) is 97.2 Å². The number of carbonyl (C=O) groups excluding carboxylic acids is 2. The smallest absolute Gasteiger partial charge is 0.462 e. The number of allylic oxidation sites excluding steroid dienone is 14. The van der Waals surface area contributed by atoms with Crippen molar-refractivity contribution in [2.45, 2.75) is 167 Å². The molecule has 0 aromatic heterocycles. The van der Waals surface area contributed by atoms with Crippen LogP contribution in [0.2, 0.25) is 0 Å². The van der Waals surface area contributed by atoms with Crippen LogP contribution in [0, 0.1) is 0 Å². The average Bonchev–Trinajstić information content (AvgIpc) is 3.22. The summed E-state index contributed by atoms with van der Waals surface area (Å²) in [7, 11) is 1.39. The van der Waals surface area contributed by atoms with E-state index < -0.39 is 38.6 Å². The molecule has 10 nitrogen and oxygen atoms in total. The minimum absolute atomic E-state index is 0.00536. The zero-order valence-electron chi connectivity index (χ0n) is 39.4. The molecule has 0 aliphatic carbocycles. The van der Waals surface area contributed by atoms with Crippen molar-refractivity contribution in [1.82, 2.24) is 0 Å². The quantitative estimate of drug-likeness (QED) is 0.0154. The summed E-state index contributed by atoms with van der Waals surface area (Å²) in [6.07, 6.45) is 52.3. The molecule has 0 aromatic carbocycles. The molecule has 2 unspecified atom stereocenters. The third-order valence-corrected chi connectivity index (χ3v) is 10.4. The van der Waals surface area contributed by atoms with E-state index in [2.05, 4.69) is 61.6 Å². The Balaban J connectivity index is 4.48. The highest BCUT2D eigenvalue weighted by Gasteiger charge is 2.27. The van der Waals surface area contributed by atoms with Gasteiger partial charge in [0.15, 0.2) is 6.10 Å². The lowest BCUT2D eigenvalue weighted by molar-refractivity contribution is -0.870. The van der Waals surface area contributed by atoms with E-state index in [0.29, 0.717) is 36.7 Å². The van der Waals surface area contributed by atoms with Crippen molar-refractivity contribution < 1.29 is 47.2 Å². The number of rotatable bonds is 41. The summed E-state index contributed by atoms with van der Waals surface area (Å²) in [5, 5.41) is 9.79. The van der Waals surface area contributed by atoms with Gasteiger partial charge < -0.3 is 24.0 Å². The molecule has 11 heteroatoms. The van der Waals surface area contributed by atoms with E-state index >= 15 is 0 Å². The van der Waals surface area contributed by atoms with Crippen LogP contribution in [0.1, 0.15) is 155 Å². The van der Waals surface area contributed by atoms with Crippen LogP contribution in [0.3, 0.4) is 0 Å². The van der Waals surface area contributed by atoms with Crippen molar-refractivity contribution >= 4 is 19.8 Å². The summed E-state index contributed by atoms with van der Waals surface area (Å²) in [5.41, 5.74) is 0. The van der Waals surface area contributed by atoms with Gasteiger partial charge in [-0.15, -0.1) is 0 Å². The highest BCUT2D eigenvalue weighted by molar-refractivity contribution is 7.47. The van der Waals surface area contributed by atoms with E-state index in [9.17, 15) is 24.2 Å². The van der Waals surface area contributed by atoms with Crippen molar-refractivity contribution in [3.05, 3.63) is 97.2 Å². The SMILES string of the molecule is CC/C=C\C(O)C/C=C/C=C\C/C=C\C/C=C\CCCC(=O)O[C@H](COC(=O)CCCCCCCC/C=C\C/C=C\C/C=C\CCCCCC)COP(=O)(O)OCC[N+](C)(C)C. The van der Waals surface area contributed by atoms with Gasteiger partial charge in [-0.25, -0.2) is 4.57 Å². The van der Waals surface area contributed by atoms with Gasteiger partial charge in [0.25, 0.3) is 0 Å². The molecule has 0 amide bonds. The number of hydrogen-bond donors (Lipinski definition) is 2. The summed E-state index contributed by atoms with van der Waals surface area (Å²) in [6.45, 7) is 4.05. The Bertz CT molecular complexity index is 1390. The molecular weight excluding hydrogens is 802 g/mol. The molecule has 0 saturated heterocycles. The van der Waals surface area contributed by atoms with E-state index in [1.165, 1.54) is 32.1 Å². The van der Waals surface area contributed by atoms with Crippen molar-refractivity contribution in [2.75, 3.05) is 47.5 Å². The van der Waals surface area contributed by atoms with Crippen LogP contribution in [0.4, 0.5) is 0 Å². The summed E-state index contributed by atoms with van der Waals surface area (Å²) >= 11 is 0. The first kappa shape index (κ1) is 58.9. The third-order valence-electron chi connectivity index (χ3n) is 9.42. The topological polar surface area (TPSA) is 129 Å². The fourth-order valence-corrected chi connectivity index (χ4v) is 6.46. The summed E-state index contributed by atoms with van der Waals surface area (Å²) < 4.78 is 34.2. The number of ether oxygens (including phenoxy) is 2. The van der Waals surface area contributed by atoms with Crippen LogP contribution >= 0.6 is 7.82 Å². The highest BCUT2D eigenvalue weighted by Crippen LogP contribution is 2.43. The second-order valence-corrected chi connectivity index (χ2v) is 18.1. The molecule has 3 atom stereocenters. The first-order chi connectivity index (χ1) is 29.9. The van der Waals surface area contributed by atoms with Crippen molar-refractivity contribution in [1.29, 1.82) is 0 Å². The minimum atomic E-state index is -4.41. The summed E-state index contributed by atoms with van der Waals surface area (Å²) in [6, 6.07) is 0. The molecule has 354 valence electrons. The van der Waals surface area contributed by atoms with Crippen LogP contribution in [0.5, 0.6) is 0 Å². The lowest BCUT2D eigenvalue weighted by atomic mass is 10.1. The Morgan fingerprint density at radius 3 is 1.71 bits per heavy atom. The fraction of sp³-hybridized carbons (Fsp3) is 0.647. The number of phosphoric ester groups is 1. The molecule has 0 aliphatic heterocycles. The van der Waals surface area contributed by atoms with Crippen molar-refractivity contribution in [3.63, 3.8) is 0 Å². The number of phosphoric acid groups is 1. The lowest BCUT2D eigenvalue weighted by Gasteiger charge is -2.24. The first-order valence-corrected chi connectivity index (χ1v) is 25.1. The molecule has 0 rings (SSSR count). The minimum Gasteiger partial charge on any atom is -0.462 e. The molecule has 0 radical (unpaired) electrons. The zero-order valence-corrected chi connectivity index (χ0v) is 40.3. The fourth-order valence-electron chi connectivity index (χ4n) is 5.72. The summed E-state index contributed by atoms with van der Waals surface area (Å²) in [4.78, 5) is 35.4. The maximum atomic E-state index is 12.7. The second kappa shape index (κ2) is 41.9. The molecule has 0 fully saturated rings. The number of likely N-dealkylation sites (N-methyl/N-ethyl adjacent to an activating group) is 1. The maximum absolute atomic E-state index is 12.7. The Hall–Kier alpha value is -3.11. The zero-order chi connectivity index (χ0) is 45.8. The number of quaternary nitrogens is 1. The number of nitrogens with zero attached hydrogens (tertiary/aromatic N) is 1. The van der Waals surface area contributed by atoms with Gasteiger partial charge in [0.2, 0.25) is 0 Å². The number of hydrogen-bond acceptors (Lipinski definition) is 8. The normalized spacial score (nSPS) is 14.9. The molecule has 0 saturated carbocycles. The largest absolute Gasteiger partial charge is 0.472 e. The molecule has 0 heterocycles. The Morgan fingerprint density at radius 2 is 1.11 bits per heavy atom. The van der Waals surface area contributed by atoms with E-state index in [0.717, 1.165) is 70.6 Å². The van der Waals surface area contributed by atoms with Crippen LogP contribution < -0.4 is 0 Å². The van der Waals surface area contributed by atoms with Gasteiger partial charge in [0.1, 0.15) is 19.8 Å². The lowest BCUT2D eigenvalue weighted by Crippen LogP contribution is -2.37. The Morgan fingerprint density at radius 1 is 0.597 bits per heavy atom. The number of aliphatic hydroxyl groups excluding tert-OH is 1. The molecule has 2 N–H and O–H groups in total. The van der Waals surface area contributed by atoms with Gasteiger partial charge >= 0.3 is 19.8 Å². The number of esters is 2. The Kier molecular flexibility index (Phi) is 39.8. The predicted octanol–water partition coefficient (Wildman–Crippen LogP) is 12.7. The van der Waals surface area contributed by atoms with Crippen LogP contribution in [-0.4, -0.2) is 86.1 Å². The van der Waals surface area contributed by atoms with Gasteiger partial charge in [-0.2, -0.15) is 0 Å². The number of aliphatic hydroxyl groups is 1. The number of carbonyl (C=O) groups is 2. The third kappa shape index (κ3) is 44.9. The molecule has 0 bridgehead atoms. The number of unbranched alkanes of at least 4 members (excludes halogenated alkanes) is 11. The van der Waals surface area contributed by atoms with E-state index in [-0.39, 0.29) is 26.1 Å². The monoisotopic (exact) mass is 889 g/mol. The van der Waals surface area contributed by atoms with Gasteiger partial charge in [0.05, 0.1) is 33.9 Å². The summed E-state index contributed by atoms with van der Waals surface area (Å²) in [5.74, 6) is -0.914. The van der Waals surface area contributed by atoms with Gasteiger partial charge in [0, 0.05) is 12.8 Å². The first-order valence-electron chi connectivity index (χ1n) is 23.6. The second-order valence-electron chi connectivity index (χ2n) is 16.6. The Labute approximate surface area is 377 Å². The predicted molar refractivity (Wildman–Crippen MR) is 258 cm³/mol. The van der Waals surface area contributed by atoms with Crippen LogP contribution in [-0.2, 0) is 32.7 Å². The van der Waals surface area contributed by atoms with E-state index in [1.54, 1.807) is 0 Å². The van der Waals surface area contributed by atoms with E-state index in [4.69, 9.17) is 18.5 Å². The highest BCUT2D eigenvalue weighted by atomic mass is 31.2. The van der Waals surface area contributed by atoms with Crippen molar-refractivity contribution in [2.24, 2.45) is 0 Å². The van der Waals surface area contributed by atoms with Crippen LogP contribution in [0.25, 0.3) is 0 Å². The standard InChI is InChI=1S/C51H86NO9P/c1-6-8-10-11-12-13-14-15-16-17-18-19-20-21-22-26-29-32-35-38-42-50(54)58-46-49(47-60-62(56,57)59-45-44-52(3,4)5)61-51(55)43-39-36-33-30-27-24-23-25-28-31-34-37-41-48(53)40-9-7-2/h9,13-14,16-17,19-20,23-24,28,30-31,33-34,37,40,48-49,53H,6-8,10-12,15,18,21-22,25-27,29,32,35-36,38-39,41-47H2,1-5H3/p+1/b14-13-,17-16-,20-19-,24-23-,31-28-,33-30-,37-34+,40-9-/t48?,49-/m1/s1. The van der Waals surface area contributed by atoms with Gasteiger partial charge in [-0.05, 0) is 83.5 Å². The molecule has 0 spiro atoms. The van der Waals surface area contributed by atoms with E-state index in [1.807, 2.05) is 70.6 Å². The average molecular weight is 889 g/mol. The molecule has 0 aliphatic rings. The molecule has 62 heavy (non-hydrogen) atoms. The molecular formula is C51H87NO9P+. The van der Waals surface area contributed by atoms with Gasteiger partial charge in [-0.3, -0.25) is 18.6 Å².